The fraction of sp³-hybridized carbons (Fsp3) is 0.238. The zero-order valence-electron chi connectivity index (χ0n) is 16.5. The summed E-state index contributed by atoms with van der Waals surface area (Å²) in [4.78, 5) is 39.4. The minimum Gasteiger partial charge on any atom is -0.378 e. The van der Waals surface area contributed by atoms with Gasteiger partial charge in [-0.05, 0) is 48.4 Å². The van der Waals surface area contributed by atoms with Crippen molar-refractivity contribution in [1.82, 2.24) is 4.90 Å². The molecule has 8 nitrogen and oxygen atoms in total. The Balaban J connectivity index is 2.02. The van der Waals surface area contributed by atoms with Gasteiger partial charge in [0.1, 0.15) is 5.70 Å². The first-order valence-corrected chi connectivity index (χ1v) is 9.23. The number of nitro groups is 1. The molecule has 29 heavy (non-hydrogen) atoms. The molecule has 2 aromatic rings. The van der Waals surface area contributed by atoms with Gasteiger partial charge in [0.25, 0.3) is 17.5 Å². The summed E-state index contributed by atoms with van der Waals surface area (Å²) in [5.74, 6) is -0.806. The molecule has 8 heteroatoms. The summed E-state index contributed by atoms with van der Waals surface area (Å²) < 4.78 is 0. The Labute approximate surface area is 168 Å². The van der Waals surface area contributed by atoms with Gasteiger partial charge in [-0.3, -0.25) is 24.6 Å². The Morgan fingerprint density at radius 1 is 1.00 bits per heavy atom. The Bertz CT molecular complexity index is 979. The lowest BCUT2D eigenvalue weighted by Gasteiger charge is -2.15. The second kappa shape index (κ2) is 8.14. The molecule has 2 aromatic carbocycles. The number of carbonyl (C=O) groups is 2. The lowest BCUT2D eigenvalue weighted by molar-refractivity contribution is -0.384. The van der Waals surface area contributed by atoms with E-state index in [0.29, 0.717) is 24.2 Å². The summed E-state index contributed by atoms with van der Waals surface area (Å²) in [6.07, 6.45) is 0.635. The fourth-order valence-electron chi connectivity index (χ4n) is 3.12. The molecule has 0 fully saturated rings. The van der Waals surface area contributed by atoms with Crippen LogP contribution < -0.4 is 10.2 Å². The van der Waals surface area contributed by atoms with Crippen LogP contribution in [0.15, 0.2) is 54.2 Å². The van der Waals surface area contributed by atoms with Crippen LogP contribution in [0.4, 0.5) is 17.1 Å². The highest BCUT2D eigenvalue weighted by atomic mass is 16.6. The molecule has 0 saturated carbocycles. The van der Waals surface area contributed by atoms with E-state index >= 15 is 0 Å². The Morgan fingerprint density at radius 3 is 2.14 bits per heavy atom. The predicted octanol–water partition coefficient (Wildman–Crippen LogP) is 3.26. The molecule has 0 aliphatic carbocycles. The van der Waals surface area contributed by atoms with Gasteiger partial charge in [0.05, 0.1) is 10.5 Å². The molecule has 1 N–H and O–H groups in total. The SMILES string of the molecule is CCCN1C(=O)C(Nc2ccc(N(C)C)cc2)=C(c2ccc([N+](=O)[O-])cc2)C1=O. The molecule has 1 heterocycles. The van der Waals surface area contributed by atoms with Crippen molar-refractivity contribution in [3.8, 4) is 0 Å². The van der Waals surface area contributed by atoms with Crippen LogP contribution in [-0.4, -0.2) is 42.3 Å². The molecular weight excluding hydrogens is 372 g/mol. The van der Waals surface area contributed by atoms with Crippen molar-refractivity contribution in [2.75, 3.05) is 30.9 Å². The molecule has 0 radical (unpaired) electrons. The van der Waals surface area contributed by atoms with Gasteiger partial charge in [-0.2, -0.15) is 0 Å². The van der Waals surface area contributed by atoms with Crippen LogP contribution in [0.5, 0.6) is 0 Å². The topological polar surface area (TPSA) is 95.8 Å². The van der Waals surface area contributed by atoms with E-state index in [0.717, 1.165) is 5.69 Å². The van der Waals surface area contributed by atoms with E-state index in [-0.39, 0.29) is 17.0 Å². The molecule has 1 aliphatic rings. The predicted molar refractivity (Wildman–Crippen MR) is 111 cm³/mol. The highest BCUT2D eigenvalue weighted by molar-refractivity contribution is 6.36. The minimum absolute atomic E-state index is 0.0784. The van der Waals surface area contributed by atoms with Crippen LogP contribution >= 0.6 is 0 Å². The molecule has 0 saturated heterocycles. The monoisotopic (exact) mass is 394 g/mol. The highest BCUT2D eigenvalue weighted by Gasteiger charge is 2.38. The second-order valence-corrected chi connectivity index (χ2v) is 6.88. The molecule has 3 rings (SSSR count). The number of nitro benzene ring substituents is 1. The summed E-state index contributed by atoms with van der Waals surface area (Å²) >= 11 is 0. The summed E-state index contributed by atoms with van der Waals surface area (Å²) in [6, 6.07) is 13.1. The average molecular weight is 394 g/mol. The third-order valence-electron chi connectivity index (χ3n) is 4.64. The number of nitrogens with one attached hydrogen (secondary N) is 1. The number of non-ortho nitro benzene ring substituents is 1. The molecular formula is C21H22N4O4. The number of nitrogens with zero attached hydrogens (tertiary/aromatic N) is 3. The largest absolute Gasteiger partial charge is 0.378 e. The smallest absolute Gasteiger partial charge is 0.278 e. The normalized spacial score (nSPS) is 13.8. The quantitative estimate of drug-likeness (QED) is 0.440. The lowest BCUT2D eigenvalue weighted by Crippen LogP contribution is -2.33. The first kappa shape index (κ1) is 20.1. The summed E-state index contributed by atoms with van der Waals surface area (Å²) in [5, 5.41) is 14.0. The van der Waals surface area contributed by atoms with Gasteiger partial charge >= 0.3 is 0 Å². The standard InChI is InChI=1S/C21H22N4O4/c1-4-13-24-20(26)18(14-5-9-17(10-6-14)25(28)29)19(21(24)27)22-15-7-11-16(12-8-15)23(2)3/h5-12,22H,4,13H2,1-3H3. The Kier molecular flexibility index (Phi) is 5.63. The van der Waals surface area contributed by atoms with Crippen LogP contribution in [0.1, 0.15) is 18.9 Å². The van der Waals surface area contributed by atoms with Gasteiger partial charge in [0.2, 0.25) is 0 Å². The van der Waals surface area contributed by atoms with Gasteiger partial charge in [-0.1, -0.05) is 6.92 Å². The summed E-state index contributed by atoms with van der Waals surface area (Å²) in [7, 11) is 3.86. The number of carbonyl (C=O) groups excluding carboxylic acids is 2. The maximum absolute atomic E-state index is 12.9. The van der Waals surface area contributed by atoms with Crippen LogP contribution in [0, 0.1) is 10.1 Å². The number of rotatable bonds is 7. The number of imide groups is 1. The maximum atomic E-state index is 12.9. The fourth-order valence-corrected chi connectivity index (χ4v) is 3.12. The van der Waals surface area contributed by atoms with Crippen molar-refractivity contribution in [3.05, 3.63) is 69.9 Å². The Morgan fingerprint density at radius 2 is 1.62 bits per heavy atom. The zero-order chi connectivity index (χ0) is 21.1. The van der Waals surface area contributed by atoms with E-state index in [1.54, 1.807) is 0 Å². The van der Waals surface area contributed by atoms with E-state index in [1.165, 1.54) is 29.2 Å². The van der Waals surface area contributed by atoms with Crippen molar-refractivity contribution in [3.63, 3.8) is 0 Å². The van der Waals surface area contributed by atoms with Crippen LogP contribution in [0.25, 0.3) is 5.57 Å². The first-order chi connectivity index (χ1) is 13.8. The molecule has 0 spiro atoms. The average Bonchev–Trinajstić information content (AvgIpc) is 2.93. The minimum atomic E-state index is -0.505. The van der Waals surface area contributed by atoms with Gasteiger partial charge < -0.3 is 10.2 Å². The molecule has 0 aromatic heterocycles. The molecule has 0 atom stereocenters. The summed E-state index contributed by atoms with van der Waals surface area (Å²) in [6.45, 7) is 2.19. The van der Waals surface area contributed by atoms with E-state index in [1.807, 2.05) is 50.2 Å². The molecule has 0 unspecified atom stereocenters. The van der Waals surface area contributed by atoms with Gasteiger partial charge in [0.15, 0.2) is 0 Å². The number of hydrogen-bond acceptors (Lipinski definition) is 6. The van der Waals surface area contributed by atoms with E-state index in [9.17, 15) is 19.7 Å². The van der Waals surface area contributed by atoms with Gasteiger partial charge in [-0.15, -0.1) is 0 Å². The Hall–Kier alpha value is -3.68. The van der Waals surface area contributed by atoms with Crippen molar-refractivity contribution in [2.24, 2.45) is 0 Å². The highest BCUT2D eigenvalue weighted by Crippen LogP contribution is 2.31. The molecule has 1 aliphatic heterocycles. The third kappa shape index (κ3) is 3.96. The maximum Gasteiger partial charge on any atom is 0.278 e. The second-order valence-electron chi connectivity index (χ2n) is 6.88. The molecule has 2 amide bonds. The van der Waals surface area contributed by atoms with Crippen molar-refractivity contribution >= 4 is 34.4 Å². The molecule has 0 bridgehead atoms. The number of amides is 2. The number of anilines is 2. The van der Waals surface area contributed by atoms with Crippen LogP contribution in [0.3, 0.4) is 0 Å². The van der Waals surface area contributed by atoms with Gasteiger partial charge in [0, 0.05) is 44.1 Å². The summed E-state index contributed by atoms with van der Waals surface area (Å²) in [5.41, 5.74) is 2.45. The van der Waals surface area contributed by atoms with Crippen molar-refractivity contribution in [2.45, 2.75) is 13.3 Å². The number of benzene rings is 2. The van der Waals surface area contributed by atoms with Crippen LogP contribution in [0.2, 0.25) is 0 Å². The zero-order valence-corrected chi connectivity index (χ0v) is 16.5. The first-order valence-electron chi connectivity index (χ1n) is 9.23. The lowest BCUT2D eigenvalue weighted by atomic mass is 10.0. The van der Waals surface area contributed by atoms with E-state index in [2.05, 4.69) is 5.32 Å². The van der Waals surface area contributed by atoms with Crippen LogP contribution in [-0.2, 0) is 9.59 Å². The van der Waals surface area contributed by atoms with Gasteiger partial charge in [-0.25, -0.2) is 0 Å². The number of hydrogen-bond donors (Lipinski definition) is 1. The van der Waals surface area contributed by atoms with E-state index in [4.69, 9.17) is 0 Å². The third-order valence-corrected chi connectivity index (χ3v) is 4.64. The van der Waals surface area contributed by atoms with Crippen molar-refractivity contribution in [1.29, 1.82) is 0 Å². The van der Waals surface area contributed by atoms with Crippen molar-refractivity contribution < 1.29 is 14.5 Å². The molecule has 150 valence electrons. The van der Waals surface area contributed by atoms with E-state index < -0.39 is 16.7 Å².